The number of thioether (sulfide) groups is 1. The number of hydrogen-bond acceptors (Lipinski definition) is 5. The zero-order valence-corrected chi connectivity index (χ0v) is 12.4. The molecular weight excluding hydrogens is 292 g/mol. The molecule has 21 heavy (non-hydrogen) atoms. The molecule has 0 radical (unpaired) electrons. The molecule has 0 fully saturated rings. The maximum atomic E-state index is 11.3. The molecule has 1 heterocycles. The number of carboxylic acids is 1. The Balaban J connectivity index is 2.06. The van der Waals surface area contributed by atoms with Gasteiger partial charge in [0.05, 0.1) is 18.4 Å². The Hall–Kier alpha value is -2.21. The third kappa shape index (κ3) is 3.66. The van der Waals surface area contributed by atoms with E-state index in [9.17, 15) is 9.59 Å². The highest BCUT2D eigenvalue weighted by Gasteiger charge is 2.12. The molecule has 0 aliphatic heterocycles. The van der Waals surface area contributed by atoms with Crippen molar-refractivity contribution in [3.8, 4) is 0 Å². The molecule has 1 N–H and O–H groups in total. The van der Waals surface area contributed by atoms with Gasteiger partial charge in [0.2, 0.25) is 5.76 Å². The lowest BCUT2D eigenvalue weighted by molar-refractivity contribution is 0.0563. The van der Waals surface area contributed by atoms with Gasteiger partial charge in [0.25, 0.3) is 0 Å². The van der Waals surface area contributed by atoms with Crippen molar-refractivity contribution in [1.29, 1.82) is 0 Å². The lowest BCUT2D eigenvalue weighted by atomic mass is 10.1. The number of carboxylic acid groups (broad SMARTS) is 1. The zero-order chi connectivity index (χ0) is 15.4. The Kier molecular flexibility index (Phi) is 4.70. The van der Waals surface area contributed by atoms with Crippen molar-refractivity contribution in [3.63, 3.8) is 0 Å². The molecule has 0 aliphatic carbocycles. The highest BCUT2D eigenvalue weighted by molar-refractivity contribution is 7.98. The molecule has 0 saturated carbocycles. The second-order valence-electron chi connectivity index (χ2n) is 4.33. The number of hydrogen-bond donors (Lipinski definition) is 1. The normalized spacial score (nSPS) is 10.4. The number of methoxy groups -OCH3 is 1. The molecule has 0 atom stereocenters. The van der Waals surface area contributed by atoms with E-state index in [1.165, 1.54) is 18.9 Å². The molecule has 0 amide bonds. The predicted octanol–water partition coefficient (Wildman–Crippen LogP) is 3.37. The van der Waals surface area contributed by atoms with Crippen LogP contribution in [0.3, 0.4) is 0 Å². The Labute approximate surface area is 125 Å². The first-order valence-electron chi connectivity index (χ1n) is 6.15. The third-order valence-corrected chi connectivity index (χ3v) is 3.88. The van der Waals surface area contributed by atoms with Crippen molar-refractivity contribution in [3.05, 3.63) is 53.0 Å². The molecule has 5 nitrogen and oxygen atoms in total. The SMILES string of the molecule is COC(=O)c1ccc(CSc2ccc(C)c(C(=O)O)c2)o1. The van der Waals surface area contributed by atoms with Crippen LogP contribution in [0.1, 0.15) is 32.2 Å². The van der Waals surface area contributed by atoms with Gasteiger partial charge in [-0.05, 0) is 36.8 Å². The molecule has 0 spiro atoms. The summed E-state index contributed by atoms with van der Waals surface area (Å²) in [6, 6.07) is 8.52. The third-order valence-electron chi connectivity index (χ3n) is 2.87. The van der Waals surface area contributed by atoms with E-state index >= 15 is 0 Å². The monoisotopic (exact) mass is 306 g/mol. The van der Waals surface area contributed by atoms with E-state index in [1.54, 1.807) is 31.2 Å². The lowest BCUT2D eigenvalue weighted by Gasteiger charge is -2.04. The minimum Gasteiger partial charge on any atom is -0.478 e. The number of carbonyl (C=O) groups excluding carboxylic acids is 1. The van der Waals surface area contributed by atoms with Crippen LogP contribution in [0.4, 0.5) is 0 Å². The largest absolute Gasteiger partial charge is 0.478 e. The molecule has 6 heteroatoms. The molecule has 1 aromatic carbocycles. The van der Waals surface area contributed by atoms with Gasteiger partial charge in [-0.25, -0.2) is 9.59 Å². The molecule has 2 aromatic rings. The maximum absolute atomic E-state index is 11.3. The number of rotatable bonds is 5. The molecule has 110 valence electrons. The van der Waals surface area contributed by atoms with Gasteiger partial charge in [-0.15, -0.1) is 11.8 Å². The molecule has 1 aromatic heterocycles. The van der Waals surface area contributed by atoms with E-state index in [2.05, 4.69) is 4.74 Å². The standard InChI is InChI=1S/C15H14O5S/c1-9-3-5-11(7-12(9)14(16)17)21-8-10-4-6-13(20-10)15(18)19-2/h3-7H,8H2,1-2H3,(H,16,17). The van der Waals surface area contributed by atoms with Gasteiger partial charge in [-0.1, -0.05) is 6.07 Å². The summed E-state index contributed by atoms with van der Waals surface area (Å²) < 4.78 is 9.91. The summed E-state index contributed by atoms with van der Waals surface area (Å²) in [4.78, 5) is 23.2. The summed E-state index contributed by atoms with van der Waals surface area (Å²) in [7, 11) is 1.29. The molecule has 0 bridgehead atoms. The number of carbonyl (C=O) groups is 2. The van der Waals surface area contributed by atoms with Gasteiger partial charge >= 0.3 is 11.9 Å². The van der Waals surface area contributed by atoms with Crippen molar-refractivity contribution in [2.45, 2.75) is 17.6 Å². The van der Waals surface area contributed by atoms with Crippen LogP contribution in [0.2, 0.25) is 0 Å². The van der Waals surface area contributed by atoms with Gasteiger partial charge in [-0.3, -0.25) is 0 Å². The van der Waals surface area contributed by atoms with E-state index in [0.717, 1.165) is 10.5 Å². The highest BCUT2D eigenvalue weighted by Crippen LogP contribution is 2.26. The van der Waals surface area contributed by atoms with Crippen molar-refractivity contribution in [1.82, 2.24) is 0 Å². The van der Waals surface area contributed by atoms with Crippen molar-refractivity contribution < 1.29 is 23.8 Å². The Morgan fingerprint density at radius 2 is 2.05 bits per heavy atom. The van der Waals surface area contributed by atoms with Crippen LogP contribution in [-0.4, -0.2) is 24.2 Å². The van der Waals surface area contributed by atoms with Crippen LogP contribution < -0.4 is 0 Å². The van der Waals surface area contributed by atoms with E-state index in [0.29, 0.717) is 11.5 Å². The Morgan fingerprint density at radius 1 is 1.29 bits per heavy atom. The van der Waals surface area contributed by atoms with Gasteiger partial charge in [0.15, 0.2) is 0 Å². The quantitative estimate of drug-likeness (QED) is 0.674. The smallest absolute Gasteiger partial charge is 0.373 e. The summed E-state index contributed by atoms with van der Waals surface area (Å²) in [5.41, 5.74) is 1.01. The van der Waals surface area contributed by atoms with Crippen LogP contribution in [0, 0.1) is 6.92 Å². The summed E-state index contributed by atoms with van der Waals surface area (Å²) in [6.45, 7) is 1.76. The fraction of sp³-hybridized carbons (Fsp3) is 0.200. The predicted molar refractivity (Wildman–Crippen MR) is 77.7 cm³/mol. The van der Waals surface area contributed by atoms with Crippen LogP contribution in [-0.2, 0) is 10.5 Å². The minimum absolute atomic E-state index is 0.156. The summed E-state index contributed by atoms with van der Waals surface area (Å²) in [5, 5.41) is 9.09. The van der Waals surface area contributed by atoms with Crippen LogP contribution >= 0.6 is 11.8 Å². The maximum Gasteiger partial charge on any atom is 0.373 e. The van der Waals surface area contributed by atoms with Gasteiger partial charge < -0.3 is 14.3 Å². The molecular formula is C15H14O5S. The minimum atomic E-state index is -0.944. The Morgan fingerprint density at radius 3 is 2.71 bits per heavy atom. The van der Waals surface area contributed by atoms with E-state index in [-0.39, 0.29) is 11.3 Å². The lowest BCUT2D eigenvalue weighted by Crippen LogP contribution is -1.99. The molecule has 0 unspecified atom stereocenters. The van der Waals surface area contributed by atoms with Crippen LogP contribution in [0.25, 0.3) is 0 Å². The van der Waals surface area contributed by atoms with Gasteiger partial charge in [0.1, 0.15) is 5.76 Å². The number of benzene rings is 1. The highest BCUT2D eigenvalue weighted by atomic mass is 32.2. The van der Waals surface area contributed by atoms with Gasteiger partial charge in [-0.2, -0.15) is 0 Å². The molecule has 0 saturated heterocycles. The topological polar surface area (TPSA) is 76.7 Å². The number of ether oxygens (including phenoxy) is 1. The van der Waals surface area contributed by atoms with Crippen molar-refractivity contribution in [2.75, 3.05) is 7.11 Å². The fourth-order valence-corrected chi connectivity index (χ4v) is 2.57. The second kappa shape index (κ2) is 6.49. The van der Waals surface area contributed by atoms with Crippen LogP contribution in [0.5, 0.6) is 0 Å². The van der Waals surface area contributed by atoms with E-state index in [1.807, 2.05) is 6.07 Å². The molecule has 0 aliphatic rings. The average Bonchev–Trinajstić information content (AvgIpc) is 2.94. The summed E-state index contributed by atoms with van der Waals surface area (Å²) in [6.07, 6.45) is 0. The average molecular weight is 306 g/mol. The van der Waals surface area contributed by atoms with Crippen molar-refractivity contribution in [2.24, 2.45) is 0 Å². The number of furan rings is 1. The second-order valence-corrected chi connectivity index (χ2v) is 5.38. The Bertz CT molecular complexity index is 674. The summed E-state index contributed by atoms with van der Waals surface area (Å²) in [5.74, 6) is -0.184. The van der Waals surface area contributed by atoms with Crippen molar-refractivity contribution >= 4 is 23.7 Å². The fourth-order valence-electron chi connectivity index (χ4n) is 1.74. The molecule has 2 rings (SSSR count). The first kappa shape index (κ1) is 15.2. The van der Waals surface area contributed by atoms with Gasteiger partial charge in [0, 0.05) is 4.90 Å². The zero-order valence-electron chi connectivity index (χ0n) is 11.6. The van der Waals surface area contributed by atoms with Crippen LogP contribution in [0.15, 0.2) is 39.6 Å². The summed E-state index contributed by atoms with van der Waals surface area (Å²) >= 11 is 1.44. The van der Waals surface area contributed by atoms with E-state index in [4.69, 9.17) is 9.52 Å². The first-order chi connectivity index (χ1) is 10.0. The number of aromatic carboxylic acids is 1. The van der Waals surface area contributed by atoms with E-state index < -0.39 is 11.9 Å². The number of esters is 1. The number of aryl methyl sites for hydroxylation is 1. The first-order valence-corrected chi connectivity index (χ1v) is 7.13.